The van der Waals surface area contributed by atoms with Crippen LogP contribution in [0.2, 0.25) is 0 Å². The summed E-state index contributed by atoms with van der Waals surface area (Å²) in [5.74, 6) is 0.585. The van der Waals surface area contributed by atoms with Crippen LogP contribution in [0.1, 0.15) is 23.1 Å². The molecule has 1 fully saturated rings. The fraction of sp³-hybridized carbons (Fsp3) is 0.158. The third-order valence-corrected chi connectivity index (χ3v) is 5.01. The number of aryl methyl sites for hydroxylation is 1. The average Bonchev–Trinajstić information content (AvgIpc) is 3.26. The molecule has 0 spiro atoms. The molecule has 28 heavy (non-hydrogen) atoms. The number of hydrogen-bond acceptors (Lipinski definition) is 7. The number of urea groups is 1. The summed E-state index contributed by atoms with van der Waals surface area (Å²) in [6.45, 7) is 2.40. The van der Waals surface area contributed by atoms with Crippen LogP contribution in [0.15, 0.2) is 63.3 Å². The number of nitrogens with zero attached hydrogens (tertiary/aromatic N) is 2. The van der Waals surface area contributed by atoms with Gasteiger partial charge in [0, 0.05) is 16.8 Å². The van der Waals surface area contributed by atoms with Crippen LogP contribution in [0.4, 0.5) is 4.79 Å². The fourth-order valence-electron chi connectivity index (χ4n) is 2.69. The zero-order chi connectivity index (χ0) is 19.5. The molecule has 0 saturated carbocycles. The summed E-state index contributed by atoms with van der Waals surface area (Å²) in [6.07, 6.45) is 3.01. The van der Waals surface area contributed by atoms with Crippen LogP contribution in [0.25, 0.3) is 0 Å². The van der Waals surface area contributed by atoms with Gasteiger partial charge in [-0.15, -0.1) is 0 Å². The van der Waals surface area contributed by atoms with Crippen LogP contribution in [-0.4, -0.2) is 21.9 Å². The zero-order valence-corrected chi connectivity index (χ0v) is 15.7. The second-order valence-corrected chi connectivity index (χ2v) is 7.15. The minimum atomic E-state index is -0.871. The second kappa shape index (κ2) is 7.73. The van der Waals surface area contributed by atoms with Crippen molar-refractivity contribution < 1.29 is 18.7 Å². The van der Waals surface area contributed by atoms with Crippen molar-refractivity contribution in [3.63, 3.8) is 0 Å². The monoisotopic (exact) mass is 396 g/mol. The smallest absolute Gasteiger partial charge is 0.322 e. The molecule has 8 nitrogen and oxygen atoms in total. The van der Waals surface area contributed by atoms with Gasteiger partial charge in [0.25, 0.3) is 5.91 Å². The lowest BCUT2D eigenvalue weighted by Gasteiger charge is -2.08. The summed E-state index contributed by atoms with van der Waals surface area (Å²) in [6, 6.07) is 9.99. The van der Waals surface area contributed by atoms with Crippen molar-refractivity contribution in [3.05, 3.63) is 66.0 Å². The van der Waals surface area contributed by atoms with Crippen LogP contribution >= 0.6 is 11.8 Å². The summed E-state index contributed by atoms with van der Waals surface area (Å²) in [5.41, 5.74) is 2.00. The number of benzene rings is 1. The maximum atomic E-state index is 11.8. The number of nitrogens with one attached hydrogen (secondary N) is 2. The Morgan fingerprint density at radius 2 is 2.00 bits per heavy atom. The molecule has 4 rings (SSSR count). The lowest BCUT2D eigenvalue weighted by molar-refractivity contribution is -0.120. The van der Waals surface area contributed by atoms with Gasteiger partial charge in [-0.1, -0.05) is 11.8 Å². The molecule has 1 aliphatic rings. The third-order valence-electron chi connectivity index (χ3n) is 4.00. The molecule has 9 heteroatoms. The molecule has 142 valence electrons. The van der Waals surface area contributed by atoms with E-state index in [1.165, 1.54) is 18.2 Å². The summed E-state index contributed by atoms with van der Waals surface area (Å²) >= 11 is 1.34. The summed E-state index contributed by atoms with van der Waals surface area (Å²) in [5, 5.41) is 5.20. The molecular weight excluding hydrogens is 380 g/mol. The predicted molar refractivity (Wildman–Crippen MR) is 99.8 cm³/mol. The molecule has 0 bridgehead atoms. The molecule has 1 aromatic carbocycles. The van der Waals surface area contributed by atoms with Gasteiger partial charge in [-0.25, -0.2) is 9.78 Å². The van der Waals surface area contributed by atoms with Gasteiger partial charge in [0.05, 0.1) is 0 Å². The van der Waals surface area contributed by atoms with Gasteiger partial charge in [-0.05, 0) is 48.9 Å². The van der Waals surface area contributed by atoms with E-state index in [0.717, 1.165) is 21.9 Å². The van der Waals surface area contributed by atoms with E-state index in [1.807, 2.05) is 43.3 Å². The first-order valence-corrected chi connectivity index (χ1v) is 9.27. The molecule has 3 amide bonds. The van der Waals surface area contributed by atoms with Crippen LogP contribution in [-0.2, 0) is 11.4 Å². The largest absolute Gasteiger partial charge is 0.489 e. The minimum Gasteiger partial charge on any atom is -0.489 e. The first-order valence-electron chi connectivity index (χ1n) is 8.45. The normalized spacial score (nSPS) is 16.0. The average molecular weight is 396 g/mol. The Morgan fingerprint density at radius 3 is 2.71 bits per heavy atom. The van der Waals surface area contributed by atoms with Gasteiger partial charge < -0.3 is 14.5 Å². The zero-order valence-electron chi connectivity index (χ0n) is 14.8. The van der Waals surface area contributed by atoms with Crippen LogP contribution in [0.5, 0.6) is 5.75 Å². The molecule has 1 atom stereocenters. The molecule has 1 aliphatic heterocycles. The van der Waals surface area contributed by atoms with Crippen molar-refractivity contribution in [1.82, 2.24) is 20.6 Å². The Balaban J connectivity index is 1.41. The van der Waals surface area contributed by atoms with Crippen LogP contribution in [0, 0.1) is 6.92 Å². The SMILES string of the molecule is Cc1cc(COc2ccc(Sc3ncoc3C3NC(=O)NC3=O)cc2)ccn1. The highest BCUT2D eigenvalue weighted by molar-refractivity contribution is 7.99. The predicted octanol–water partition coefficient (Wildman–Crippen LogP) is 2.99. The number of pyridine rings is 1. The Morgan fingerprint density at radius 1 is 1.18 bits per heavy atom. The molecule has 3 heterocycles. The van der Waals surface area contributed by atoms with Gasteiger partial charge in [-0.2, -0.15) is 0 Å². The Labute approximate surface area is 164 Å². The lowest BCUT2D eigenvalue weighted by Crippen LogP contribution is -2.22. The maximum Gasteiger partial charge on any atom is 0.322 e. The van der Waals surface area contributed by atoms with E-state index in [1.54, 1.807) is 6.20 Å². The molecule has 1 unspecified atom stereocenters. The quantitative estimate of drug-likeness (QED) is 0.617. The van der Waals surface area contributed by atoms with E-state index in [0.29, 0.717) is 17.4 Å². The molecular formula is C19H16N4O4S. The molecule has 2 N–H and O–H groups in total. The van der Waals surface area contributed by atoms with E-state index in [2.05, 4.69) is 20.6 Å². The van der Waals surface area contributed by atoms with Gasteiger partial charge >= 0.3 is 6.03 Å². The first kappa shape index (κ1) is 18.1. The highest BCUT2D eigenvalue weighted by atomic mass is 32.2. The number of carbonyl (C=O) groups excluding carboxylic acids is 2. The number of carbonyl (C=O) groups is 2. The van der Waals surface area contributed by atoms with Gasteiger partial charge in [0.1, 0.15) is 17.4 Å². The number of hydrogen-bond donors (Lipinski definition) is 2. The van der Waals surface area contributed by atoms with Crippen LogP contribution in [0.3, 0.4) is 0 Å². The number of ether oxygens (including phenoxy) is 1. The van der Waals surface area contributed by atoms with Crippen molar-refractivity contribution in [1.29, 1.82) is 0 Å². The lowest BCUT2D eigenvalue weighted by atomic mass is 10.2. The highest BCUT2D eigenvalue weighted by Gasteiger charge is 2.35. The Kier molecular flexibility index (Phi) is 4.98. The number of aromatic nitrogens is 2. The van der Waals surface area contributed by atoms with E-state index in [-0.39, 0.29) is 0 Å². The first-order chi connectivity index (χ1) is 13.6. The second-order valence-electron chi connectivity index (χ2n) is 6.09. The third kappa shape index (κ3) is 3.99. The van der Waals surface area contributed by atoms with E-state index in [9.17, 15) is 9.59 Å². The summed E-state index contributed by atoms with van der Waals surface area (Å²) in [4.78, 5) is 32.4. The number of oxazole rings is 1. The minimum absolute atomic E-state index is 0.307. The summed E-state index contributed by atoms with van der Waals surface area (Å²) < 4.78 is 11.1. The van der Waals surface area contributed by atoms with Crippen LogP contribution < -0.4 is 15.4 Å². The maximum absolute atomic E-state index is 11.8. The van der Waals surface area contributed by atoms with Gasteiger partial charge in [-0.3, -0.25) is 15.1 Å². The van der Waals surface area contributed by atoms with Crippen molar-refractivity contribution in [2.24, 2.45) is 0 Å². The van der Waals surface area contributed by atoms with Crippen molar-refractivity contribution >= 4 is 23.7 Å². The van der Waals surface area contributed by atoms with Gasteiger partial charge in [0.15, 0.2) is 18.2 Å². The highest BCUT2D eigenvalue weighted by Crippen LogP contribution is 2.34. The topological polar surface area (TPSA) is 106 Å². The molecule has 1 saturated heterocycles. The molecule has 0 radical (unpaired) electrons. The Hall–Kier alpha value is -3.33. The van der Waals surface area contributed by atoms with E-state index >= 15 is 0 Å². The summed E-state index contributed by atoms with van der Waals surface area (Å²) in [7, 11) is 0. The standard InChI is InChI=1S/C19H16N4O4S/c1-11-8-12(6-7-20-11)9-26-13-2-4-14(5-3-13)28-18-16(27-10-21-18)15-17(24)23-19(25)22-15/h2-8,10,15H,9H2,1H3,(H2,22,23,24,25). The van der Waals surface area contributed by atoms with E-state index in [4.69, 9.17) is 9.15 Å². The van der Waals surface area contributed by atoms with Crippen molar-refractivity contribution in [2.45, 2.75) is 29.5 Å². The van der Waals surface area contributed by atoms with Gasteiger partial charge in [0.2, 0.25) is 0 Å². The number of imide groups is 1. The Bertz CT molecular complexity index is 1020. The molecule has 3 aromatic rings. The molecule has 0 aliphatic carbocycles. The number of rotatable bonds is 6. The molecule has 2 aromatic heterocycles. The van der Waals surface area contributed by atoms with E-state index < -0.39 is 18.0 Å². The van der Waals surface area contributed by atoms with Crippen molar-refractivity contribution in [2.75, 3.05) is 0 Å². The van der Waals surface area contributed by atoms with Crippen molar-refractivity contribution in [3.8, 4) is 5.75 Å². The number of amides is 3. The fourth-order valence-corrected chi connectivity index (χ4v) is 3.55.